The number of para-hydroxylation sites is 2. The Kier molecular flexibility index (Phi) is 6.08. The first-order valence-electron chi connectivity index (χ1n) is 9.98. The number of hydrogen-bond donors (Lipinski definition) is 1. The zero-order chi connectivity index (χ0) is 22.7. The number of unbranched alkanes of at least 4 members (excludes halogenated alkanes) is 1. The zero-order valence-electron chi connectivity index (χ0n) is 16.9. The van der Waals surface area contributed by atoms with Crippen molar-refractivity contribution < 1.29 is 27.9 Å². The molecule has 1 aliphatic rings. The van der Waals surface area contributed by atoms with Crippen LogP contribution in [0.5, 0.6) is 0 Å². The van der Waals surface area contributed by atoms with Crippen LogP contribution in [-0.2, 0) is 22.7 Å². The van der Waals surface area contributed by atoms with E-state index in [1.165, 1.54) is 11.1 Å². The highest BCUT2D eigenvalue weighted by Gasteiger charge is 2.37. The summed E-state index contributed by atoms with van der Waals surface area (Å²) in [5.74, 6) is 0.252. The molecule has 3 heterocycles. The van der Waals surface area contributed by atoms with Crippen LogP contribution in [0.3, 0.4) is 0 Å². The molecule has 1 aliphatic heterocycles. The van der Waals surface area contributed by atoms with E-state index in [1.54, 1.807) is 12.1 Å². The van der Waals surface area contributed by atoms with E-state index >= 15 is 0 Å². The van der Waals surface area contributed by atoms with E-state index < -0.39 is 18.7 Å². The number of pyridine rings is 1. The summed E-state index contributed by atoms with van der Waals surface area (Å²) in [6.07, 6.45) is -1.75. The summed E-state index contributed by atoms with van der Waals surface area (Å²) >= 11 is 0. The van der Waals surface area contributed by atoms with E-state index in [1.807, 2.05) is 28.8 Å². The zero-order valence-corrected chi connectivity index (χ0v) is 16.9. The molecule has 0 fully saturated rings. The number of carbonyl (C=O) groups is 1. The van der Waals surface area contributed by atoms with Crippen molar-refractivity contribution in [1.29, 1.82) is 0 Å². The van der Waals surface area contributed by atoms with E-state index in [4.69, 9.17) is 5.11 Å². The van der Waals surface area contributed by atoms with Crippen molar-refractivity contribution >= 4 is 28.5 Å². The molecule has 0 aliphatic carbocycles. The van der Waals surface area contributed by atoms with Crippen LogP contribution < -0.4 is 4.90 Å². The third kappa shape index (κ3) is 4.42. The lowest BCUT2D eigenvalue weighted by atomic mass is 10.2. The number of anilines is 1. The molecule has 0 unspecified atom stereocenters. The highest BCUT2D eigenvalue weighted by molar-refractivity contribution is 6.53. The smallest absolute Gasteiger partial charge is 0.396 e. The molecule has 1 N–H and O–H groups in total. The van der Waals surface area contributed by atoms with Gasteiger partial charge in [-0.2, -0.15) is 13.2 Å². The molecule has 1 amide bonds. The summed E-state index contributed by atoms with van der Waals surface area (Å²) in [4.78, 5) is 27.6. The summed E-state index contributed by atoms with van der Waals surface area (Å²) in [5.41, 5.74) is 1.69. The number of benzene rings is 1. The molecule has 3 aromatic rings. The topological polar surface area (TPSA) is 92.8 Å². The third-order valence-corrected chi connectivity index (χ3v) is 4.95. The second kappa shape index (κ2) is 8.95. The van der Waals surface area contributed by atoms with Crippen LogP contribution in [0, 0.1) is 0 Å². The number of oxime groups is 1. The number of nitrogens with zero attached hydrogens (tertiary/aromatic N) is 5. The monoisotopic (exact) mass is 447 g/mol. The fourth-order valence-electron chi connectivity index (χ4n) is 3.56. The van der Waals surface area contributed by atoms with Gasteiger partial charge in [0.1, 0.15) is 11.6 Å². The maximum absolute atomic E-state index is 13.0. The first kappa shape index (κ1) is 21.8. The SMILES string of the molecule is O=C1/C(=N/OCC(F)(F)F)c2cccnc2N1Cc1nc2ccccc2n1CCCCO. The van der Waals surface area contributed by atoms with Crippen LogP contribution in [0.4, 0.5) is 19.0 Å². The molecule has 11 heteroatoms. The molecular formula is C21H20F3N5O3. The van der Waals surface area contributed by atoms with E-state index in [0.717, 1.165) is 11.0 Å². The predicted molar refractivity (Wildman–Crippen MR) is 110 cm³/mol. The molecule has 2 aromatic heterocycles. The van der Waals surface area contributed by atoms with Gasteiger partial charge in [-0.15, -0.1) is 0 Å². The lowest BCUT2D eigenvalue weighted by Crippen LogP contribution is -2.31. The van der Waals surface area contributed by atoms with Crippen LogP contribution in [-0.4, -0.2) is 50.7 Å². The molecule has 0 atom stereocenters. The molecular weight excluding hydrogens is 427 g/mol. The van der Waals surface area contributed by atoms with Gasteiger partial charge in [0.2, 0.25) is 6.61 Å². The summed E-state index contributed by atoms with van der Waals surface area (Å²) < 4.78 is 39.3. The van der Waals surface area contributed by atoms with Crippen LogP contribution in [0.2, 0.25) is 0 Å². The fourth-order valence-corrected chi connectivity index (χ4v) is 3.56. The van der Waals surface area contributed by atoms with Crippen molar-refractivity contribution in [1.82, 2.24) is 14.5 Å². The number of fused-ring (bicyclic) bond motifs is 2. The van der Waals surface area contributed by atoms with Crippen molar-refractivity contribution in [2.75, 3.05) is 18.1 Å². The minimum absolute atomic E-state index is 0.0505. The highest BCUT2D eigenvalue weighted by Crippen LogP contribution is 2.29. The molecule has 8 nitrogen and oxygen atoms in total. The van der Waals surface area contributed by atoms with Gasteiger partial charge in [-0.25, -0.2) is 9.97 Å². The van der Waals surface area contributed by atoms with Crippen molar-refractivity contribution in [3.8, 4) is 0 Å². The van der Waals surface area contributed by atoms with Crippen molar-refractivity contribution in [3.05, 3.63) is 54.0 Å². The number of hydrogen-bond acceptors (Lipinski definition) is 6. The average molecular weight is 447 g/mol. The molecule has 32 heavy (non-hydrogen) atoms. The number of rotatable bonds is 8. The van der Waals surface area contributed by atoms with E-state index in [0.29, 0.717) is 30.8 Å². The largest absolute Gasteiger partial charge is 0.425 e. The number of amides is 1. The summed E-state index contributed by atoms with van der Waals surface area (Å²) in [6.45, 7) is -0.889. The predicted octanol–water partition coefficient (Wildman–Crippen LogP) is 3.03. The van der Waals surface area contributed by atoms with Gasteiger partial charge in [0.25, 0.3) is 5.91 Å². The van der Waals surface area contributed by atoms with Gasteiger partial charge in [0.05, 0.1) is 23.1 Å². The molecule has 1 aromatic carbocycles. The van der Waals surface area contributed by atoms with Crippen molar-refractivity contribution in [3.63, 3.8) is 0 Å². The molecule has 4 rings (SSSR count). The number of imidazole rings is 1. The Balaban J connectivity index is 1.66. The normalized spacial score (nSPS) is 15.1. The number of aromatic nitrogens is 3. The Morgan fingerprint density at radius 3 is 2.72 bits per heavy atom. The lowest BCUT2D eigenvalue weighted by Gasteiger charge is -2.17. The van der Waals surface area contributed by atoms with Crippen molar-refractivity contribution in [2.45, 2.75) is 32.1 Å². The van der Waals surface area contributed by atoms with Gasteiger partial charge in [0.15, 0.2) is 5.71 Å². The highest BCUT2D eigenvalue weighted by atomic mass is 19.4. The number of alkyl halides is 3. The summed E-state index contributed by atoms with van der Waals surface area (Å²) in [5, 5.41) is 12.6. The summed E-state index contributed by atoms with van der Waals surface area (Å²) in [7, 11) is 0. The van der Waals surface area contributed by atoms with E-state index in [2.05, 4.69) is 20.0 Å². The van der Waals surface area contributed by atoms with Crippen LogP contribution in [0.15, 0.2) is 47.8 Å². The second-order valence-electron chi connectivity index (χ2n) is 7.19. The van der Waals surface area contributed by atoms with Crippen LogP contribution >= 0.6 is 0 Å². The van der Waals surface area contributed by atoms with E-state index in [9.17, 15) is 18.0 Å². The summed E-state index contributed by atoms with van der Waals surface area (Å²) in [6, 6.07) is 10.6. The Labute approximate surface area is 180 Å². The average Bonchev–Trinajstić information content (AvgIpc) is 3.24. The van der Waals surface area contributed by atoms with Gasteiger partial charge >= 0.3 is 6.18 Å². The Morgan fingerprint density at radius 1 is 1.12 bits per heavy atom. The molecule has 0 saturated carbocycles. The minimum atomic E-state index is -4.57. The minimum Gasteiger partial charge on any atom is -0.396 e. The van der Waals surface area contributed by atoms with Gasteiger partial charge in [-0.05, 0) is 37.1 Å². The second-order valence-corrected chi connectivity index (χ2v) is 7.19. The molecule has 0 bridgehead atoms. The lowest BCUT2D eigenvalue weighted by molar-refractivity contribution is -0.173. The first-order chi connectivity index (χ1) is 15.4. The number of halogens is 3. The van der Waals surface area contributed by atoms with Gasteiger partial charge in [-0.1, -0.05) is 17.3 Å². The van der Waals surface area contributed by atoms with Gasteiger partial charge in [-0.3, -0.25) is 9.69 Å². The maximum atomic E-state index is 13.0. The quantitative estimate of drug-likeness (QED) is 0.423. The number of aliphatic hydroxyl groups excluding tert-OH is 1. The number of carbonyl (C=O) groups excluding carboxylic acids is 1. The number of aliphatic hydroxyl groups is 1. The Morgan fingerprint density at radius 2 is 1.94 bits per heavy atom. The third-order valence-electron chi connectivity index (χ3n) is 4.95. The Bertz CT molecular complexity index is 1160. The van der Waals surface area contributed by atoms with Crippen LogP contribution in [0.25, 0.3) is 11.0 Å². The van der Waals surface area contributed by atoms with Crippen molar-refractivity contribution in [2.24, 2.45) is 5.16 Å². The van der Waals surface area contributed by atoms with Gasteiger partial charge < -0.3 is 14.5 Å². The molecule has 168 valence electrons. The van der Waals surface area contributed by atoms with Gasteiger partial charge in [0, 0.05) is 19.3 Å². The van der Waals surface area contributed by atoms with Crippen LogP contribution in [0.1, 0.15) is 24.2 Å². The van der Waals surface area contributed by atoms with E-state index in [-0.39, 0.29) is 24.7 Å². The molecule has 0 saturated heterocycles. The molecule has 0 spiro atoms. The molecule has 0 radical (unpaired) electrons. The maximum Gasteiger partial charge on any atom is 0.425 e. The standard InChI is InChI=1S/C21H20F3N5O3/c22-21(23,24)13-32-27-18-14-6-5-9-25-19(14)29(20(18)31)12-17-26-15-7-1-2-8-16(15)28(17)10-3-4-11-30/h1-2,5-9,30H,3-4,10-13H2/b27-18+. The Hall–Kier alpha value is -3.47. The first-order valence-corrected chi connectivity index (χ1v) is 9.98. The number of aryl methyl sites for hydroxylation is 1. The fraction of sp³-hybridized carbons (Fsp3) is 0.333.